The summed E-state index contributed by atoms with van der Waals surface area (Å²) in [4.78, 5) is 29.4. The van der Waals surface area contributed by atoms with E-state index in [1.807, 2.05) is 0 Å². The van der Waals surface area contributed by atoms with Crippen LogP contribution in [0.15, 0.2) is 43.6 Å². The van der Waals surface area contributed by atoms with Gasteiger partial charge in [-0.3, -0.25) is 9.78 Å². The van der Waals surface area contributed by atoms with Gasteiger partial charge < -0.3 is 15.3 Å². The van der Waals surface area contributed by atoms with Gasteiger partial charge in [0.2, 0.25) is 5.91 Å². The van der Waals surface area contributed by atoms with Gasteiger partial charge in [0.15, 0.2) is 0 Å². The number of carboxylic acid groups (broad SMARTS) is 1. The van der Waals surface area contributed by atoms with E-state index in [1.54, 1.807) is 12.2 Å². The van der Waals surface area contributed by atoms with Crippen molar-refractivity contribution in [1.82, 2.24) is 15.2 Å². The highest BCUT2D eigenvalue weighted by atomic mass is 32.2. The van der Waals surface area contributed by atoms with Crippen LogP contribution < -0.4 is 5.32 Å². The molecule has 0 bridgehead atoms. The molecular formula is C18H25N3O5S. The third kappa shape index (κ3) is 8.14. The van der Waals surface area contributed by atoms with E-state index in [4.69, 9.17) is 5.11 Å². The number of amides is 1. The summed E-state index contributed by atoms with van der Waals surface area (Å²) in [5, 5.41) is 12.0. The molecule has 8 nitrogen and oxygen atoms in total. The summed E-state index contributed by atoms with van der Waals surface area (Å²) in [5.74, 6) is -1.52. The maximum atomic E-state index is 12.8. The Balaban J connectivity index is 2.94. The topological polar surface area (TPSA) is 117 Å². The SMILES string of the molecule is C=CCN(CC=C)C(=O)C(CCS(C)(=O)=O)NCc1cc(C(=O)O)ccn1. The van der Waals surface area contributed by atoms with Crippen molar-refractivity contribution in [3.63, 3.8) is 0 Å². The van der Waals surface area contributed by atoms with Gasteiger partial charge in [-0.1, -0.05) is 12.2 Å². The zero-order chi connectivity index (χ0) is 20.4. The van der Waals surface area contributed by atoms with Crippen LogP contribution in [-0.2, 0) is 21.2 Å². The zero-order valence-corrected chi connectivity index (χ0v) is 16.1. The molecule has 0 aliphatic rings. The minimum atomic E-state index is -3.25. The average molecular weight is 395 g/mol. The van der Waals surface area contributed by atoms with Crippen molar-refractivity contribution in [1.29, 1.82) is 0 Å². The number of hydrogen-bond acceptors (Lipinski definition) is 6. The van der Waals surface area contributed by atoms with Crippen LogP contribution in [-0.4, -0.2) is 66.4 Å². The molecule has 0 fully saturated rings. The molecule has 1 unspecified atom stereocenters. The first-order valence-electron chi connectivity index (χ1n) is 8.28. The first-order chi connectivity index (χ1) is 12.7. The van der Waals surface area contributed by atoms with Gasteiger partial charge in [-0.2, -0.15) is 0 Å². The lowest BCUT2D eigenvalue weighted by Gasteiger charge is -2.26. The molecule has 0 saturated heterocycles. The number of nitrogens with zero attached hydrogens (tertiary/aromatic N) is 2. The monoisotopic (exact) mass is 395 g/mol. The highest BCUT2D eigenvalue weighted by molar-refractivity contribution is 7.90. The number of pyridine rings is 1. The van der Waals surface area contributed by atoms with Crippen molar-refractivity contribution >= 4 is 21.7 Å². The molecule has 0 aliphatic heterocycles. The molecule has 1 rings (SSSR count). The molecule has 1 amide bonds. The Morgan fingerprint density at radius 1 is 1.33 bits per heavy atom. The quantitative estimate of drug-likeness (QED) is 0.504. The lowest BCUT2D eigenvalue weighted by molar-refractivity contribution is -0.132. The summed E-state index contributed by atoms with van der Waals surface area (Å²) < 4.78 is 23.0. The molecule has 1 aromatic heterocycles. The number of sulfone groups is 1. The van der Waals surface area contributed by atoms with E-state index in [0.717, 1.165) is 6.26 Å². The summed E-state index contributed by atoms with van der Waals surface area (Å²) in [6, 6.07) is 2.00. The molecule has 0 aliphatic carbocycles. The van der Waals surface area contributed by atoms with Crippen LogP contribution in [0.3, 0.4) is 0 Å². The van der Waals surface area contributed by atoms with Gasteiger partial charge in [-0.25, -0.2) is 13.2 Å². The van der Waals surface area contributed by atoms with Gasteiger partial charge in [0, 0.05) is 32.1 Å². The van der Waals surface area contributed by atoms with Crippen LogP contribution in [0.1, 0.15) is 22.5 Å². The molecular weight excluding hydrogens is 370 g/mol. The van der Waals surface area contributed by atoms with Crippen molar-refractivity contribution in [2.45, 2.75) is 19.0 Å². The number of carbonyl (C=O) groups excluding carboxylic acids is 1. The number of carbonyl (C=O) groups is 2. The Labute approximate surface area is 159 Å². The largest absolute Gasteiger partial charge is 0.478 e. The third-order valence-electron chi connectivity index (χ3n) is 3.68. The Hall–Kier alpha value is -2.52. The van der Waals surface area contributed by atoms with Gasteiger partial charge in [-0.05, 0) is 18.6 Å². The van der Waals surface area contributed by atoms with E-state index in [1.165, 1.54) is 23.2 Å². The lowest BCUT2D eigenvalue weighted by Crippen LogP contribution is -2.47. The molecule has 2 N–H and O–H groups in total. The number of rotatable bonds is 12. The number of aromatic carboxylic acids is 1. The van der Waals surface area contributed by atoms with E-state index in [9.17, 15) is 18.0 Å². The van der Waals surface area contributed by atoms with Crippen LogP contribution in [0, 0.1) is 0 Å². The zero-order valence-electron chi connectivity index (χ0n) is 15.3. The molecule has 9 heteroatoms. The van der Waals surface area contributed by atoms with Crippen LogP contribution >= 0.6 is 0 Å². The molecule has 1 heterocycles. The van der Waals surface area contributed by atoms with Crippen molar-refractivity contribution < 1.29 is 23.1 Å². The van der Waals surface area contributed by atoms with Crippen LogP contribution in [0.4, 0.5) is 0 Å². The van der Waals surface area contributed by atoms with Crippen molar-refractivity contribution in [2.24, 2.45) is 0 Å². The highest BCUT2D eigenvalue weighted by Gasteiger charge is 2.24. The predicted molar refractivity (Wildman–Crippen MR) is 103 cm³/mol. The maximum Gasteiger partial charge on any atom is 0.335 e. The number of nitrogens with one attached hydrogen (secondary N) is 1. The Kier molecular flexibility index (Phi) is 8.83. The summed E-state index contributed by atoms with van der Waals surface area (Å²) in [7, 11) is -3.25. The molecule has 0 saturated carbocycles. The van der Waals surface area contributed by atoms with Crippen LogP contribution in [0.5, 0.6) is 0 Å². The molecule has 0 aromatic carbocycles. The molecule has 0 radical (unpaired) electrons. The van der Waals surface area contributed by atoms with E-state index >= 15 is 0 Å². The van der Waals surface area contributed by atoms with Crippen molar-refractivity contribution in [3.05, 3.63) is 54.9 Å². The van der Waals surface area contributed by atoms with Crippen LogP contribution in [0.2, 0.25) is 0 Å². The molecule has 148 valence electrons. The van der Waals surface area contributed by atoms with Crippen molar-refractivity contribution in [3.8, 4) is 0 Å². The van der Waals surface area contributed by atoms with Gasteiger partial charge in [-0.15, -0.1) is 13.2 Å². The molecule has 1 aromatic rings. The minimum Gasteiger partial charge on any atom is -0.478 e. The smallest absolute Gasteiger partial charge is 0.335 e. The fourth-order valence-electron chi connectivity index (χ4n) is 2.37. The van der Waals surface area contributed by atoms with E-state index in [2.05, 4.69) is 23.5 Å². The maximum absolute atomic E-state index is 12.8. The van der Waals surface area contributed by atoms with E-state index in [0.29, 0.717) is 18.8 Å². The molecule has 0 spiro atoms. The second-order valence-corrected chi connectivity index (χ2v) is 8.27. The Bertz CT molecular complexity index is 782. The average Bonchev–Trinajstić information content (AvgIpc) is 2.60. The third-order valence-corrected chi connectivity index (χ3v) is 4.66. The number of aromatic nitrogens is 1. The summed E-state index contributed by atoms with van der Waals surface area (Å²) in [6.45, 7) is 7.96. The summed E-state index contributed by atoms with van der Waals surface area (Å²) in [6.07, 6.45) is 5.72. The van der Waals surface area contributed by atoms with E-state index < -0.39 is 21.8 Å². The highest BCUT2D eigenvalue weighted by Crippen LogP contribution is 2.07. The number of hydrogen-bond donors (Lipinski definition) is 2. The van der Waals surface area contributed by atoms with Gasteiger partial charge >= 0.3 is 5.97 Å². The fourth-order valence-corrected chi connectivity index (χ4v) is 3.03. The van der Waals surface area contributed by atoms with Gasteiger partial charge in [0.05, 0.1) is 23.1 Å². The molecule has 27 heavy (non-hydrogen) atoms. The Morgan fingerprint density at radius 2 is 1.96 bits per heavy atom. The minimum absolute atomic E-state index is 0.0840. The van der Waals surface area contributed by atoms with Crippen LogP contribution in [0.25, 0.3) is 0 Å². The second kappa shape index (κ2) is 10.6. The Morgan fingerprint density at radius 3 is 2.48 bits per heavy atom. The molecule has 1 atom stereocenters. The second-order valence-electron chi connectivity index (χ2n) is 6.01. The van der Waals surface area contributed by atoms with Gasteiger partial charge in [0.25, 0.3) is 0 Å². The summed E-state index contributed by atoms with van der Waals surface area (Å²) in [5.41, 5.74) is 0.520. The van der Waals surface area contributed by atoms with Crippen molar-refractivity contribution in [2.75, 3.05) is 25.1 Å². The summed E-state index contributed by atoms with van der Waals surface area (Å²) >= 11 is 0. The standard InChI is InChI=1S/C18H25N3O5S/c1-4-9-21(10-5-2)17(22)16(7-11-27(3,25)26)20-13-15-12-14(18(23)24)6-8-19-15/h4-6,8,12,16,20H,1-2,7,9-11,13H2,3H3,(H,23,24). The first kappa shape index (κ1) is 22.5. The number of carboxylic acids is 1. The predicted octanol–water partition coefficient (Wildman–Crippen LogP) is 0.873. The lowest BCUT2D eigenvalue weighted by atomic mass is 10.1. The normalized spacial score (nSPS) is 12.2. The van der Waals surface area contributed by atoms with Gasteiger partial charge in [0.1, 0.15) is 9.84 Å². The fraction of sp³-hybridized carbons (Fsp3) is 0.389. The first-order valence-corrected chi connectivity index (χ1v) is 10.3. The van der Waals surface area contributed by atoms with E-state index in [-0.39, 0.29) is 30.2 Å².